The lowest BCUT2D eigenvalue weighted by Gasteiger charge is -2.17. The van der Waals surface area contributed by atoms with E-state index in [2.05, 4.69) is 10.2 Å². The van der Waals surface area contributed by atoms with Crippen molar-refractivity contribution in [3.8, 4) is 22.9 Å². The van der Waals surface area contributed by atoms with Gasteiger partial charge in [-0.2, -0.15) is 0 Å². The Morgan fingerprint density at radius 2 is 1.14 bits per heavy atom. The summed E-state index contributed by atoms with van der Waals surface area (Å²) < 4.78 is 2.85. The molecule has 2 heterocycles. The third-order valence-corrected chi connectivity index (χ3v) is 6.17. The Hall–Kier alpha value is -4.72. The Kier molecular flexibility index (Phi) is 5.41. The van der Waals surface area contributed by atoms with Crippen LogP contribution in [0, 0.1) is 13.8 Å². The van der Waals surface area contributed by atoms with Crippen LogP contribution in [0.15, 0.2) is 88.5 Å². The second-order valence-electron chi connectivity index (χ2n) is 8.43. The van der Waals surface area contributed by atoms with E-state index in [1.807, 2.05) is 36.4 Å². The normalized spacial score (nSPS) is 11.3. The first kappa shape index (κ1) is 22.1. The molecule has 0 saturated carbocycles. The van der Waals surface area contributed by atoms with E-state index in [0.29, 0.717) is 39.5 Å². The molecule has 176 valence electrons. The minimum Gasteiger partial charge on any atom is -0.508 e. The van der Waals surface area contributed by atoms with Crippen molar-refractivity contribution < 1.29 is 10.2 Å². The molecule has 0 aliphatic heterocycles. The zero-order chi connectivity index (χ0) is 24.7. The fourth-order valence-electron chi connectivity index (χ4n) is 4.55. The highest BCUT2D eigenvalue weighted by Gasteiger charge is 2.32. The smallest absolute Gasteiger partial charge is 0.275 e. The first-order chi connectivity index (χ1) is 16.9. The first-order valence-electron chi connectivity index (χ1n) is 11.1. The third kappa shape index (κ3) is 3.74. The van der Waals surface area contributed by atoms with Crippen molar-refractivity contribution in [2.75, 3.05) is 0 Å². The number of phenols is 2. The van der Waals surface area contributed by atoms with Gasteiger partial charge in [0.2, 0.25) is 0 Å². The highest BCUT2D eigenvalue weighted by atomic mass is 16.3. The number of para-hydroxylation sites is 2. The summed E-state index contributed by atoms with van der Waals surface area (Å²) in [4.78, 5) is 27.5. The lowest BCUT2D eigenvalue weighted by molar-refractivity contribution is 0.445. The van der Waals surface area contributed by atoms with Crippen LogP contribution in [-0.2, 0) is 0 Å². The molecule has 8 heteroatoms. The molecule has 0 bridgehead atoms. The van der Waals surface area contributed by atoms with Crippen LogP contribution in [0.5, 0.6) is 11.5 Å². The maximum absolute atomic E-state index is 13.7. The molecule has 0 unspecified atom stereocenters. The SMILES string of the molecule is Cc1[nH]n(-c2ccccc2)c(=O)c1C(c1ccc(O)cc1O)c1c(C)[nH]n(-c2ccccc2)c1=O. The average Bonchev–Trinajstić information content (AvgIpc) is 3.32. The number of benzene rings is 3. The number of aromatic hydroxyl groups is 2. The van der Waals surface area contributed by atoms with E-state index >= 15 is 0 Å². The van der Waals surface area contributed by atoms with Gasteiger partial charge in [-0.3, -0.25) is 19.8 Å². The molecule has 2 aromatic heterocycles. The highest BCUT2D eigenvalue weighted by Crippen LogP contribution is 2.38. The average molecular weight is 469 g/mol. The summed E-state index contributed by atoms with van der Waals surface area (Å²) in [7, 11) is 0. The van der Waals surface area contributed by atoms with Crippen LogP contribution in [0.1, 0.15) is 34.0 Å². The molecule has 35 heavy (non-hydrogen) atoms. The van der Waals surface area contributed by atoms with Crippen molar-refractivity contribution in [2.45, 2.75) is 19.8 Å². The molecule has 0 aliphatic rings. The standard InChI is InChI=1S/C27H24N4O4/c1-16-23(26(34)30(28-16)18-9-5-3-6-10-18)25(21-14-13-20(32)15-22(21)33)24-17(2)29-31(27(24)35)19-11-7-4-8-12-19/h3-15,25,28-29,32-33H,1-2H3. The van der Waals surface area contributed by atoms with Gasteiger partial charge in [0, 0.05) is 23.0 Å². The van der Waals surface area contributed by atoms with E-state index in [1.54, 1.807) is 38.1 Å². The summed E-state index contributed by atoms with van der Waals surface area (Å²) in [5.41, 5.74) is 2.73. The van der Waals surface area contributed by atoms with Crippen LogP contribution < -0.4 is 11.1 Å². The monoisotopic (exact) mass is 468 g/mol. The van der Waals surface area contributed by atoms with E-state index in [1.165, 1.54) is 27.6 Å². The number of H-pyrrole nitrogens is 2. The van der Waals surface area contributed by atoms with E-state index in [4.69, 9.17) is 0 Å². The van der Waals surface area contributed by atoms with Crippen molar-refractivity contribution in [1.29, 1.82) is 0 Å². The molecule has 4 N–H and O–H groups in total. The van der Waals surface area contributed by atoms with Crippen LogP contribution in [0.4, 0.5) is 0 Å². The number of nitrogens with zero attached hydrogens (tertiary/aromatic N) is 2. The van der Waals surface area contributed by atoms with Crippen LogP contribution in [0.2, 0.25) is 0 Å². The van der Waals surface area contributed by atoms with Crippen LogP contribution in [-0.4, -0.2) is 29.8 Å². The van der Waals surface area contributed by atoms with Crippen molar-refractivity contribution in [1.82, 2.24) is 19.6 Å². The molecule has 8 nitrogen and oxygen atoms in total. The summed E-state index contributed by atoms with van der Waals surface area (Å²) in [6.45, 7) is 3.52. The minimum atomic E-state index is -0.891. The van der Waals surface area contributed by atoms with E-state index in [0.717, 1.165) is 0 Å². The Labute approximate surface area is 200 Å². The fraction of sp³-hybridized carbons (Fsp3) is 0.111. The van der Waals surface area contributed by atoms with Gasteiger partial charge >= 0.3 is 0 Å². The number of phenolic OH excluding ortho intramolecular Hbond substituents is 2. The molecule has 3 aromatic carbocycles. The summed E-state index contributed by atoms with van der Waals surface area (Å²) in [5, 5.41) is 26.9. The van der Waals surface area contributed by atoms with Crippen LogP contribution >= 0.6 is 0 Å². The number of aromatic nitrogens is 4. The predicted molar refractivity (Wildman–Crippen MR) is 133 cm³/mol. The Balaban J connectivity index is 1.80. The maximum atomic E-state index is 13.7. The van der Waals surface area contributed by atoms with Gasteiger partial charge in [0.15, 0.2) is 0 Å². The quantitative estimate of drug-likeness (QED) is 0.313. The van der Waals surface area contributed by atoms with Crippen LogP contribution in [0.25, 0.3) is 11.4 Å². The largest absolute Gasteiger partial charge is 0.508 e. The molecule has 0 fully saturated rings. The summed E-state index contributed by atoms with van der Waals surface area (Å²) in [6.07, 6.45) is 0. The predicted octanol–water partition coefficient (Wildman–Crippen LogP) is 3.85. The number of aryl methyl sites for hydroxylation is 2. The zero-order valence-electron chi connectivity index (χ0n) is 19.2. The maximum Gasteiger partial charge on any atom is 0.275 e. The molecule has 0 radical (unpaired) electrons. The van der Waals surface area contributed by atoms with Gasteiger partial charge in [-0.15, -0.1) is 0 Å². The molecule has 5 aromatic rings. The van der Waals surface area contributed by atoms with Gasteiger partial charge in [-0.25, -0.2) is 9.36 Å². The molecule has 0 amide bonds. The molecule has 5 rings (SSSR count). The number of nitrogens with one attached hydrogen (secondary N) is 2. The Morgan fingerprint density at radius 1 is 0.686 bits per heavy atom. The van der Waals surface area contributed by atoms with E-state index in [-0.39, 0.29) is 22.6 Å². The molecular formula is C27H24N4O4. The summed E-state index contributed by atoms with van der Waals surface area (Å²) in [5.74, 6) is -1.23. The van der Waals surface area contributed by atoms with Crippen molar-refractivity contribution in [2.24, 2.45) is 0 Å². The lowest BCUT2D eigenvalue weighted by Crippen LogP contribution is -2.25. The second kappa shape index (κ2) is 8.57. The molecule has 0 aliphatic carbocycles. The van der Waals surface area contributed by atoms with Crippen molar-refractivity contribution >= 4 is 0 Å². The van der Waals surface area contributed by atoms with Gasteiger partial charge in [-0.05, 0) is 44.2 Å². The summed E-state index contributed by atoms with van der Waals surface area (Å²) >= 11 is 0. The third-order valence-electron chi connectivity index (χ3n) is 6.17. The minimum absolute atomic E-state index is 0.120. The highest BCUT2D eigenvalue weighted by molar-refractivity contribution is 5.53. The molecule has 0 atom stereocenters. The van der Waals surface area contributed by atoms with E-state index < -0.39 is 5.92 Å². The lowest BCUT2D eigenvalue weighted by atomic mass is 9.84. The van der Waals surface area contributed by atoms with Crippen molar-refractivity contribution in [3.63, 3.8) is 0 Å². The molecule has 0 saturated heterocycles. The van der Waals surface area contributed by atoms with E-state index in [9.17, 15) is 19.8 Å². The van der Waals surface area contributed by atoms with Gasteiger partial charge in [0.05, 0.1) is 28.4 Å². The number of aromatic amines is 2. The Morgan fingerprint density at radius 3 is 1.57 bits per heavy atom. The zero-order valence-corrected chi connectivity index (χ0v) is 19.2. The topological polar surface area (TPSA) is 116 Å². The Bertz CT molecular complexity index is 1530. The van der Waals surface area contributed by atoms with Gasteiger partial charge < -0.3 is 10.2 Å². The molecule has 0 spiro atoms. The van der Waals surface area contributed by atoms with Crippen LogP contribution in [0.3, 0.4) is 0 Å². The second-order valence-corrected chi connectivity index (χ2v) is 8.43. The number of rotatable bonds is 5. The number of hydrogen-bond acceptors (Lipinski definition) is 4. The molecular weight excluding hydrogens is 444 g/mol. The van der Waals surface area contributed by atoms with Gasteiger partial charge in [-0.1, -0.05) is 42.5 Å². The first-order valence-corrected chi connectivity index (χ1v) is 11.1. The van der Waals surface area contributed by atoms with Gasteiger partial charge in [0.1, 0.15) is 11.5 Å². The summed E-state index contributed by atoms with van der Waals surface area (Å²) in [6, 6.07) is 22.4. The fourth-order valence-corrected chi connectivity index (χ4v) is 4.55. The van der Waals surface area contributed by atoms with Gasteiger partial charge in [0.25, 0.3) is 11.1 Å². The van der Waals surface area contributed by atoms with Crippen molar-refractivity contribution in [3.05, 3.63) is 128 Å². The number of hydrogen-bond donors (Lipinski definition) is 4.